The average Bonchev–Trinajstić information content (AvgIpc) is 3.31. The monoisotopic (exact) mass is 467 g/mol. The Bertz CT molecular complexity index is 1170. The van der Waals surface area contributed by atoms with Crippen LogP contribution in [0.3, 0.4) is 0 Å². The fourth-order valence-corrected chi connectivity index (χ4v) is 6.15. The summed E-state index contributed by atoms with van der Waals surface area (Å²) < 4.78 is 33.7. The second kappa shape index (κ2) is 9.89. The van der Waals surface area contributed by atoms with E-state index in [9.17, 15) is 13.2 Å². The predicted molar refractivity (Wildman–Crippen MR) is 125 cm³/mol. The zero-order valence-corrected chi connectivity index (χ0v) is 19.7. The van der Waals surface area contributed by atoms with Gasteiger partial charge in [-0.1, -0.05) is 26.0 Å². The fourth-order valence-electron chi connectivity index (χ4n) is 4.43. The van der Waals surface area contributed by atoms with E-state index in [1.165, 1.54) is 6.07 Å². The largest absolute Gasteiger partial charge is 0.467 e. The number of furan rings is 1. The lowest BCUT2D eigenvalue weighted by Gasteiger charge is -2.34. The molecule has 0 aliphatic carbocycles. The summed E-state index contributed by atoms with van der Waals surface area (Å²) in [4.78, 5) is 19.4. The van der Waals surface area contributed by atoms with E-state index in [2.05, 4.69) is 18.8 Å². The Morgan fingerprint density at radius 1 is 1.09 bits per heavy atom. The first-order valence-corrected chi connectivity index (χ1v) is 12.6. The molecule has 2 atom stereocenters. The molecule has 8 heteroatoms. The summed E-state index contributed by atoms with van der Waals surface area (Å²) in [6, 6.07) is 13.6. The SMILES string of the molecule is CC1CC(C)CN(S(=O)(=O)c2cccc(C(=O)N(Cc3cccnc3)Cc3ccco3)c2)C1. The van der Waals surface area contributed by atoms with Crippen molar-refractivity contribution in [3.8, 4) is 0 Å². The van der Waals surface area contributed by atoms with Gasteiger partial charge in [-0.3, -0.25) is 9.78 Å². The summed E-state index contributed by atoms with van der Waals surface area (Å²) in [5, 5.41) is 0. The number of carbonyl (C=O) groups excluding carboxylic acids is 1. The van der Waals surface area contributed by atoms with Crippen LogP contribution in [0.5, 0.6) is 0 Å². The van der Waals surface area contributed by atoms with Crippen LogP contribution in [0.15, 0.2) is 76.5 Å². The third-order valence-corrected chi connectivity index (χ3v) is 7.69. The van der Waals surface area contributed by atoms with Gasteiger partial charge in [0.25, 0.3) is 5.91 Å². The molecule has 1 fully saturated rings. The van der Waals surface area contributed by atoms with Crippen molar-refractivity contribution >= 4 is 15.9 Å². The number of rotatable bonds is 7. The molecule has 1 aliphatic rings. The van der Waals surface area contributed by atoms with E-state index in [0.717, 1.165) is 12.0 Å². The van der Waals surface area contributed by atoms with Crippen molar-refractivity contribution < 1.29 is 17.6 Å². The van der Waals surface area contributed by atoms with Gasteiger partial charge >= 0.3 is 0 Å². The van der Waals surface area contributed by atoms with Gasteiger partial charge in [0.2, 0.25) is 10.0 Å². The van der Waals surface area contributed by atoms with Crippen LogP contribution in [0.4, 0.5) is 0 Å². The highest BCUT2D eigenvalue weighted by atomic mass is 32.2. The van der Waals surface area contributed by atoms with Crippen molar-refractivity contribution in [1.29, 1.82) is 0 Å². The quantitative estimate of drug-likeness (QED) is 0.520. The van der Waals surface area contributed by atoms with Crippen LogP contribution < -0.4 is 0 Å². The molecule has 2 aromatic heterocycles. The van der Waals surface area contributed by atoms with Crippen LogP contribution >= 0.6 is 0 Å². The Kier molecular flexibility index (Phi) is 6.95. The summed E-state index contributed by atoms with van der Waals surface area (Å²) in [5.41, 5.74) is 1.20. The van der Waals surface area contributed by atoms with Gasteiger partial charge in [-0.2, -0.15) is 4.31 Å². The van der Waals surface area contributed by atoms with Crippen molar-refractivity contribution in [3.63, 3.8) is 0 Å². The Hall–Kier alpha value is -2.97. The van der Waals surface area contributed by atoms with Gasteiger partial charge in [0, 0.05) is 37.6 Å². The van der Waals surface area contributed by atoms with E-state index in [4.69, 9.17) is 4.42 Å². The highest BCUT2D eigenvalue weighted by Crippen LogP contribution is 2.27. The zero-order chi connectivity index (χ0) is 23.4. The molecule has 1 saturated heterocycles. The minimum Gasteiger partial charge on any atom is -0.467 e. The molecular weight excluding hydrogens is 438 g/mol. The standard InChI is InChI=1S/C25H29N3O4S/c1-19-12-20(2)16-28(15-19)33(30,31)24-9-3-7-22(13-24)25(29)27(18-23-8-5-11-32-23)17-21-6-4-10-26-14-21/h3-11,13-14,19-20H,12,15-18H2,1-2H3. The van der Waals surface area contributed by atoms with E-state index < -0.39 is 10.0 Å². The highest BCUT2D eigenvalue weighted by molar-refractivity contribution is 7.89. The molecule has 2 unspecified atom stereocenters. The van der Waals surface area contributed by atoms with Crippen LogP contribution in [0.1, 0.15) is 41.9 Å². The molecule has 0 saturated carbocycles. The summed E-state index contributed by atoms with van der Waals surface area (Å²) in [6.45, 7) is 5.73. The van der Waals surface area contributed by atoms with E-state index >= 15 is 0 Å². The summed E-state index contributed by atoms with van der Waals surface area (Å²) in [7, 11) is -3.68. The Balaban J connectivity index is 1.61. The molecule has 1 aromatic carbocycles. The number of aromatic nitrogens is 1. The number of amides is 1. The van der Waals surface area contributed by atoms with Gasteiger partial charge in [0.15, 0.2) is 0 Å². The molecule has 33 heavy (non-hydrogen) atoms. The number of benzene rings is 1. The molecular formula is C25H29N3O4S. The summed E-state index contributed by atoms with van der Waals surface area (Å²) in [6.07, 6.45) is 5.97. The van der Waals surface area contributed by atoms with Gasteiger partial charge in [-0.05, 0) is 60.2 Å². The molecule has 0 spiro atoms. The molecule has 0 bridgehead atoms. The van der Waals surface area contributed by atoms with Crippen LogP contribution in [0, 0.1) is 11.8 Å². The van der Waals surface area contributed by atoms with Crippen molar-refractivity contribution in [3.05, 3.63) is 84.1 Å². The lowest BCUT2D eigenvalue weighted by molar-refractivity contribution is 0.0717. The van der Waals surface area contributed by atoms with Gasteiger partial charge in [0.1, 0.15) is 5.76 Å². The molecule has 3 aromatic rings. The predicted octanol–water partition coefficient (Wildman–Crippen LogP) is 4.18. The van der Waals surface area contributed by atoms with E-state index in [1.54, 1.807) is 52.1 Å². The molecule has 4 rings (SSSR count). The molecule has 1 aliphatic heterocycles. The number of sulfonamides is 1. The van der Waals surface area contributed by atoms with Crippen molar-refractivity contribution in [2.45, 2.75) is 38.3 Å². The fraction of sp³-hybridized carbons (Fsp3) is 0.360. The number of piperidine rings is 1. The normalized spacial score (nSPS) is 19.3. The van der Waals surface area contributed by atoms with Gasteiger partial charge in [-0.25, -0.2) is 8.42 Å². The molecule has 174 valence electrons. The summed E-state index contributed by atoms with van der Waals surface area (Å²) >= 11 is 0. The molecule has 1 amide bonds. The number of hydrogen-bond donors (Lipinski definition) is 0. The van der Waals surface area contributed by atoms with Crippen LogP contribution in [0.2, 0.25) is 0 Å². The topological polar surface area (TPSA) is 83.7 Å². The second-order valence-corrected chi connectivity index (χ2v) is 10.8. The third kappa shape index (κ3) is 5.51. The van der Waals surface area contributed by atoms with Crippen LogP contribution in [-0.2, 0) is 23.1 Å². The minimum atomic E-state index is -3.68. The average molecular weight is 468 g/mol. The minimum absolute atomic E-state index is 0.147. The lowest BCUT2D eigenvalue weighted by atomic mass is 9.94. The third-order valence-electron chi connectivity index (χ3n) is 5.86. The molecule has 7 nitrogen and oxygen atoms in total. The maximum absolute atomic E-state index is 13.5. The Morgan fingerprint density at radius 2 is 1.88 bits per heavy atom. The summed E-state index contributed by atoms with van der Waals surface area (Å²) in [5.74, 6) is 0.980. The highest BCUT2D eigenvalue weighted by Gasteiger charge is 2.32. The molecule has 0 radical (unpaired) electrons. The van der Waals surface area contributed by atoms with Gasteiger partial charge < -0.3 is 9.32 Å². The smallest absolute Gasteiger partial charge is 0.254 e. The van der Waals surface area contributed by atoms with Crippen molar-refractivity contribution in [2.75, 3.05) is 13.1 Å². The molecule has 3 heterocycles. The van der Waals surface area contributed by atoms with Gasteiger partial charge in [0.05, 0.1) is 17.7 Å². The number of carbonyl (C=O) groups is 1. The van der Waals surface area contributed by atoms with Crippen LogP contribution in [0.25, 0.3) is 0 Å². The lowest BCUT2D eigenvalue weighted by Crippen LogP contribution is -2.42. The zero-order valence-electron chi connectivity index (χ0n) is 18.9. The van der Waals surface area contributed by atoms with E-state index in [-0.39, 0.29) is 17.3 Å². The molecule has 0 N–H and O–H groups in total. The van der Waals surface area contributed by atoms with E-state index in [1.807, 2.05) is 18.2 Å². The second-order valence-electron chi connectivity index (χ2n) is 8.90. The Labute approximate surface area is 195 Å². The first-order chi connectivity index (χ1) is 15.8. The van der Waals surface area contributed by atoms with Crippen molar-refractivity contribution in [1.82, 2.24) is 14.2 Å². The first kappa shape index (κ1) is 23.2. The van der Waals surface area contributed by atoms with E-state index in [0.29, 0.717) is 42.8 Å². The number of hydrogen-bond acceptors (Lipinski definition) is 5. The number of pyridine rings is 1. The van der Waals surface area contributed by atoms with Crippen molar-refractivity contribution in [2.24, 2.45) is 11.8 Å². The van der Waals surface area contributed by atoms with Crippen LogP contribution in [-0.4, -0.2) is 41.6 Å². The maximum atomic E-state index is 13.5. The first-order valence-electron chi connectivity index (χ1n) is 11.1. The Morgan fingerprint density at radius 3 is 2.55 bits per heavy atom. The van der Waals surface area contributed by atoms with Gasteiger partial charge in [-0.15, -0.1) is 0 Å². The maximum Gasteiger partial charge on any atom is 0.254 e. The number of nitrogens with zero attached hydrogens (tertiary/aromatic N) is 3.